The average molecular weight is 337 g/mol. The lowest BCUT2D eigenvalue weighted by atomic mass is 10.2. The summed E-state index contributed by atoms with van der Waals surface area (Å²) in [5.41, 5.74) is 0.151. The Hall–Kier alpha value is -2.97. The summed E-state index contributed by atoms with van der Waals surface area (Å²) < 4.78 is 27.4. The number of anilines is 2. The van der Waals surface area contributed by atoms with E-state index in [1.165, 1.54) is 17.8 Å². The number of rotatable bonds is 6. The van der Waals surface area contributed by atoms with Crippen LogP contribution in [-0.4, -0.2) is 34.7 Å². The van der Waals surface area contributed by atoms with Gasteiger partial charge in [-0.2, -0.15) is 5.10 Å². The molecule has 0 saturated carbocycles. The Morgan fingerprint density at radius 3 is 2.67 bits per heavy atom. The first kappa shape index (κ1) is 17.4. The van der Waals surface area contributed by atoms with Gasteiger partial charge in [0.2, 0.25) is 11.8 Å². The second kappa shape index (κ2) is 7.53. The molecule has 2 amide bonds. The van der Waals surface area contributed by atoms with Crippen molar-refractivity contribution < 1.29 is 18.4 Å². The van der Waals surface area contributed by atoms with E-state index in [1.54, 1.807) is 19.2 Å². The van der Waals surface area contributed by atoms with Gasteiger partial charge in [0.05, 0.1) is 0 Å². The first-order valence-corrected chi connectivity index (χ1v) is 7.15. The first-order chi connectivity index (χ1) is 11.4. The van der Waals surface area contributed by atoms with E-state index in [4.69, 9.17) is 0 Å². The van der Waals surface area contributed by atoms with E-state index in [0.29, 0.717) is 5.82 Å². The number of benzene rings is 1. The van der Waals surface area contributed by atoms with Gasteiger partial charge in [-0.15, -0.1) is 0 Å². The van der Waals surface area contributed by atoms with E-state index in [9.17, 15) is 18.4 Å². The lowest BCUT2D eigenvalue weighted by Gasteiger charge is -2.13. The van der Waals surface area contributed by atoms with Crippen molar-refractivity contribution in [2.24, 2.45) is 0 Å². The number of nitrogens with zero attached hydrogens (tertiary/aromatic N) is 2. The van der Waals surface area contributed by atoms with Crippen LogP contribution in [-0.2, 0) is 16.1 Å². The second-order valence-corrected chi connectivity index (χ2v) is 5.06. The highest BCUT2D eigenvalue weighted by Gasteiger charge is 2.15. The van der Waals surface area contributed by atoms with Crippen molar-refractivity contribution >= 4 is 23.3 Å². The maximum absolute atomic E-state index is 13.1. The number of halogens is 2. The van der Waals surface area contributed by atoms with Crippen LogP contribution in [0.15, 0.2) is 30.5 Å². The molecule has 0 aliphatic heterocycles. The van der Waals surface area contributed by atoms with E-state index in [-0.39, 0.29) is 18.1 Å². The maximum atomic E-state index is 13.1. The molecule has 0 radical (unpaired) electrons. The molecular weight excluding hydrogens is 320 g/mol. The molecule has 1 aromatic carbocycles. The van der Waals surface area contributed by atoms with Crippen molar-refractivity contribution in [1.29, 1.82) is 0 Å². The normalized spacial score (nSPS) is 11.7. The summed E-state index contributed by atoms with van der Waals surface area (Å²) in [5.74, 6) is -2.26. The number of amides is 2. The zero-order valence-electron chi connectivity index (χ0n) is 13.1. The van der Waals surface area contributed by atoms with Crippen molar-refractivity contribution in [1.82, 2.24) is 15.1 Å². The van der Waals surface area contributed by atoms with Gasteiger partial charge in [-0.05, 0) is 19.1 Å². The molecule has 1 heterocycles. The molecule has 3 N–H and O–H groups in total. The largest absolute Gasteiger partial charge is 0.358 e. The van der Waals surface area contributed by atoms with Crippen LogP contribution in [0.5, 0.6) is 0 Å². The van der Waals surface area contributed by atoms with Crippen molar-refractivity contribution in [2.75, 3.05) is 17.7 Å². The van der Waals surface area contributed by atoms with Gasteiger partial charge in [0.25, 0.3) is 0 Å². The van der Waals surface area contributed by atoms with Crippen LogP contribution in [0.2, 0.25) is 0 Å². The summed E-state index contributed by atoms with van der Waals surface area (Å²) >= 11 is 0. The molecule has 24 heavy (non-hydrogen) atoms. The third-order valence-electron chi connectivity index (χ3n) is 3.17. The fraction of sp³-hybridized carbons (Fsp3) is 0.267. The van der Waals surface area contributed by atoms with Crippen LogP contribution >= 0.6 is 0 Å². The molecule has 0 spiro atoms. The fourth-order valence-electron chi connectivity index (χ4n) is 1.86. The number of likely N-dealkylation sites (N-methyl/N-ethyl adjacent to an activating group) is 1. The molecule has 1 atom stereocenters. The number of carbonyl (C=O) groups excluding carboxylic acids is 2. The van der Waals surface area contributed by atoms with Crippen LogP contribution in [0.4, 0.5) is 20.3 Å². The maximum Gasteiger partial charge on any atom is 0.246 e. The predicted molar refractivity (Wildman–Crippen MR) is 84.4 cm³/mol. The molecular formula is C15H17F2N5O2. The Kier molecular flexibility index (Phi) is 5.46. The second-order valence-electron chi connectivity index (χ2n) is 5.06. The molecule has 128 valence electrons. The number of aromatic nitrogens is 2. The Morgan fingerprint density at radius 1 is 1.25 bits per heavy atom. The molecule has 0 saturated heterocycles. The van der Waals surface area contributed by atoms with Crippen molar-refractivity contribution in [3.8, 4) is 0 Å². The molecule has 9 heteroatoms. The SMILES string of the molecule is CNC(=O)Cn1ccc(NC(C)C(=O)Nc2ccc(F)c(F)c2)n1. The molecule has 1 aromatic heterocycles. The van der Waals surface area contributed by atoms with Crippen LogP contribution in [0, 0.1) is 11.6 Å². The van der Waals surface area contributed by atoms with Crippen molar-refractivity contribution in [3.05, 3.63) is 42.1 Å². The zero-order valence-corrected chi connectivity index (χ0v) is 13.1. The minimum atomic E-state index is -1.04. The molecule has 0 aliphatic rings. The summed E-state index contributed by atoms with van der Waals surface area (Å²) in [4.78, 5) is 23.3. The van der Waals surface area contributed by atoms with E-state index < -0.39 is 23.6 Å². The predicted octanol–water partition coefficient (Wildman–Crippen LogP) is 1.35. The van der Waals surface area contributed by atoms with Gasteiger partial charge in [0.1, 0.15) is 18.4 Å². The van der Waals surface area contributed by atoms with Gasteiger partial charge in [-0.1, -0.05) is 0 Å². The average Bonchev–Trinajstić information content (AvgIpc) is 2.97. The Morgan fingerprint density at radius 2 is 2.00 bits per heavy atom. The summed E-state index contributed by atoms with van der Waals surface area (Å²) in [7, 11) is 1.52. The van der Waals surface area contributed by atoms with Crippen LogP contribution in [0.3, 0.4) is 0 Å². The highest BCUT2D eigenvalue weighted by molar-refractivity contribution is 5.96. The van der Waals surface area contributed by atoms with Crippen LogP contribution < -0.4 is 16.0 Å². The lowest BCUT2D eigenvalue weighted by molar-refractivity contribution is -0.121. The van der Waals surface area contributed by atoms with Gasteiger partial charge in [0.15, 0.2) is 11.6 Å². The highest BCUT2D eigenvalue weighted by Crippen LogP contribution is 2.14. The summed E-state index contributed by atoms with van der Waals surface area (Å²) in [5, 5.41) is 11.9. The van der Waals surface area contributed by atoms with Gasteiger partial charge in [-0.25, -0.2) is 8.78 Å². The third-order valence-corrected chi connectivity index (χ3v) is 3.17. The first-order valence-electron chi connectivity index (χ1n) is 7.15. The molecule has 1 unspecified atom stereocenters. The smallest absolute Gasteiger partial charge is 0.246 e. The Balaban J connectivity index is 1.93. The van der Waals surface area contributed by atoms with E-state index in [2.05, 4.69) is 21.0 Å². The summed E-state index contributed by atoms with van der Waals surface area (Å²) in [6, 6.07) is 4.04. The zero-order chi connectivity index (χ0) is 17.7. The number of nitrogens with one attached hydrogen (secondary N) is 3. The van der Waals surface area contributed by atoms with Crippen LogP contribution in [0.1, 0.15) is 6.92 Å². The van der Waals surface area contributed by atoms with Gasteiger partial charge < -0.3 is 16.0 Å². The van der Waals surface area contributed by atoms with Gasteiger partial charge in [-0.3, -0.25) is 14.3 Å². The van der Waals surface area contributed by atoms with Gasteiger partial charge in [0, 0.05) is 31.1 Å². The standard InChI is InChI=1S/C15H17F2N5O2/c1-9(15(24)20-10-3-4-11(16)12(17)7-10)19-13-5-6-22(21-13)8-14(23)18-2/h3-7,9H,8H2,1-2H3,(H,18,23)(H,19,21)(H,20,24). The molecule has 7 nitrogen and oxygen atoms in total. The summed E-state index contributed by atoms with van der Waals surface area (Å²) in [6.07, 6.45) is 1.59. The minimum Gasteiger partial charge on any atom is -0.358 e. The topological polar surface area (TPSA) is 88.0 Å². The molecule has 0 aliphatic carbocycles. The number of hydrogen-bond acceptors (Lipinski definition) is 4. The Labute approximate surface area is 137 Å². The van der Waals surface area contributed by atoms with Crippen molar-refractivity contribution in [2.45, 2.75) is 19.5 Å². The third kappa shape index (κ3) is 4.51. The molecule has 2 aromatic rings. The summed E-state index contributed by atoms with van der Waals surface area (Å²) in [6.45, 7) is 1.65. The quantitative estimate of drug-likeness (QED) is 0.742. The molecule has 0 fully saturated rings. The number of hydrogen-bond donors (Lipinski definition) is 3. The van der Waals surface area contributed by atoms with Gasteiger partial charge >= 0.3 is 0 Å². The van der Waals surface area contributed by atoms with E-state index in [1.807, 2.05) is 0 Å². The molecule has 2 rings (SSSR count). The fourth-order valence-corrected chi connectivity index (χ4v) is 1.86. The highest BCUT2D eigenvalue weighted by atomic mass is 19.2. The number of carbonyl (C=O) groups is 2. The van der Waals surface area contributed by atoms with E-state index >= 15 is 0 Å². The van der Waals surface area contributed by atoms with E-state index in [0.717, 1.165) is 12.1 Å². The van der Waals surface area contributed by atoms with Crippen molar-refractivity contribution in [3.63, 3.8) is 0 Å². The van der Waals surface area contributed by atoms with Crippen LogP contribution in [0.25, 0.3) is 0 Å². The Bertz CT molecular complexity index is 747. The molecule has 0 bridgehead atoms. The lowest BCUT2D eigenvalue weighted by Crippen LogP contribution is -2.32. The minimum absolute atomic E-state index is 0.0631. The monoisotopic (exact) mass is 337 g/mol.